The number of halogens is 1. The van der Waals surface area contributed by atoms with Gasteiger partial charge in [0.15, 0.2) is 0 Å². The Hall–Kier alpha value is -2.78. The lowest BCUT2D eigenvalue weighted by Gasteiger charge is -2.33. The molecule has 4 aromatic rings. The van der Waals surface area contributed by atoms with Crippen LogP contribution >= 0.6 is 11.6 Å². The van der Waals surface area contributed by atoms with E-state index in [0.29, 0.717) is 0 Å². The summed E-state index contributed by atoms with van der Waals surface area (Å²) in [4.78, 5) is 4.87. The number of aryl methyl sites for hydroxylation is 1. The van der Waals surface area contributed by atoms with Crippen LogP contribution in [0.15, 0.2) is 72.8 Å². The molecule has 0 radical (unpaired) electrons. The van der Waals surface area contributed by atoms with Crippen molar-refractivity contribution in [3.63, 3.8) is 0 Å². The Bertz CT molecular complexity index is 1100. The third kappa shape index (κ3) is 2.88. The van der Waals surface area contributed by atoms with Crippen LogP contribution in [0.4, 0.5) is 5.95 Å². The number of hydrogen-bond donors (Lipinski definition) is 1. The van der Waals surface area contributed by atoms with Crippen LogP contribution < -0.4 is 5.32 Å². The average Bonchev–Trinajstić information content (AvgIpc) is 3.07. The van der Waals surface area contributed by atoms with Gasteiger partial charge in [0.1, 0.15) is 0 Å². The van der Waals surface area contributed by atoms with Crippen molar-refractivity contribution in [2.75, 3.05) is 5.32 Å². The Morgan fingerprint density at radius 2 is 1.63 bits per heavy atom. The first-order valence-corrected chi connectivity index (χ1v) is 9.62. The van der Waals surface area contributed by atoms with Crippen LogP contribution in [0.2, 0.25) is 5.02 Å². The van der Waals surface area contributed by atoms with Crippen LogP contribution in [0.5, 0.6) is 0 Å². The number of fused-ring (bicyclic) bond motifs is 3. The second-order valence-corrected chi connectivity index (χ2v) is 7.64. The van der Waals surface area contributed by atoms with E-state index >= 15 is 0 Å². The van der Waals surface area contributed by atoms with Gasteiger partial charge >= 0.3 is 0 Å². The molecule has 0 aliphatic carbocycles. The van der Waals surface area contributed by atoms with Crippen LogP contribution in [0.3, 0.4) is 0 Å². The molecular weight excluding hydrogens is 354 g/mol. The van der Waals surface area contributed by atoms with Gasteiger partial charge in [0.05, 0.1) is 23.1 Å². The van der Waals surface area contributed by atoms with Gasteiger partial charge in [-0.3, -0.25) is 0 Å². The minimum Gasteiger partial charge on any atom is -0.349 e. The average molecular weight is 374 g/mol. The molecule has 1 N–H and O–H groups in total. The highest BCUT2D eigenvalue weighted by atomic mass is 35.5. The van der Waals surface area contributed by atoms with Crippen LogP contribution in [0, 0.1) is 6.92 Å². The van der Waals surface area contributed by atoms with Gasteiger partial charge in [-0.1, -0.05) is 65.7 Å². The number of para-hydroxylation sites is 2. The quantitative estimate of drug-likeness (QED) is 0.457. The molecule has 5 rings (SSSR count). The Balaban J connectivity index is 1.65. The molecule has 0 saturated carbocycles. The van der Waals surface area contributed by atoms with E-state index in [-0.39, 0.29) is 12.1 Å². The van der Waals surface area contributed by atoms with E-state index in [1.54, 1.807) is 0 Å². The highest BCUT2D eigenvalue weighted by molar-refractivity contribution is 6.30. The molecule has 1 aliphatic rings. The molecule has 134 valence electrons. The summed E-state index contributed by atoms with van der Waals surface area (Å²) in [6.45, 7) is 2.13. The molecule has 3 nitrogen and oxygen atoms in total. The van der Waals surface area contributed by atoms with Crippen molar-refractivity contribution in [3.05, 3.63) is 94.5 Å². The molecule has 27 heavy (non-hydrogen) atoms. The monoisotopic (exact) mass is 373 g/mol. The van der Waals surface area contributed by atoms with E-state index in [2.05, 4.69) is 71.4 Å². The molecular formula is C23H20ClN3. The van der Waals surface area contributed by atoms with Gasteiger partial charge in [-0.2, -0.15) is 0 Å². The highest BCUT2D eigenvalue weighted by Gasteiger charge is 2.30. The van der Waals surface area contributed by atoms with Crippen LogP contribution in [0.25, 0.3) is 11.0 Å². The summed E-state index contributed by atoms with van der Waals surface area (Å²) < 4.78 is 2.34. The smallest absolute Gasteiger partial charge is 0.204 e. The van der Waals surface area contributed by atoms with Gasteiger partial charge in [0.2, 0.25) is 5.95 Å². The maximum absolute atomic E-state index is 6.09. The number of rotatable bonds is 2. The molecule has 0 saturated heterocycles. The van der Waals surface area contributed by atoms with Crippen molar-refractivity contribution >= 4 is 28.6 Å². The van der Waals surface area contributed by atoms with Crippen molar-refractivity contribution in [2.45, 2.75) is 25.4 Å². The molecule has 0 spiro atoms. The zero-order valence-electron chi connectivity index (χ0n) is 15.1. The summed E-state index contributed by atoms with van der Waals surface area (Å²) in [5, 5.41) is 4.40. The SMILES string of the molecule is Cc1ccc([C@H]2C[C@@H](c3ccc(Cl)cc3)Nc3nc4ccccc4n32)cc1. The fraction of sp³-hybridized carbons (Fsp3) is 0.174. The number of nitrogens with one attached hydrogen (secondary N) is 1. The molecule has 2 heterocycles. The summed E-state index contributed by atoms with van der Waals surface area (Å²) in [6, 6.07) is 25.7. The van der Waals surface area contributed by atoms with Gasteiger partial charge < -0.3 is 9.88 Å². The molecule has 0 fully saturated rings. The normalized spacial score (nSPS) is 18.9. The van der Waals surface area contributed by atoms with Crippen molar-refractivity contribution in [1.29, 1.82) is 0 Å². The molecule has 0 bridgehead atoms. The van der Waals surface area contributed by atoms with Crippen LogP contribution in [-0.4, -0.2) is 9.55 Å². The van der Waals surface area contributed by atoms with Gasteiger partial charge in [0.25, 0.3) is 0 Å². The number of imidazole rings is 1. The zero-order chi connectivity index (χ0) is 18.4. The molecule has 0 unspecified atom stereocenters. The van der Waals surface area contributed by atoms with Crippen LogP contribution in [0.1, 0.15) is 35.2 Å². The second kappa shape index (κ2) is 6.43. The first-order valence-electron chi connectivity index (χ1n) is 9.24. The lowest BCUT2D eigenvalue weighted by atomic mass is 9.92. The van der Waals surface area contributed by atoms with E-state index in [1.165, 1.54) is 22.2 Å². The number of nitrogens with zero attached hydrogens (tertiary/aromatic N) is 2. The summed E-state index contributed by atoms with van der Waals surface area (Å²) in [5.74, 6) is 0.924. The summed E-state index contributed by atoms with van der Waals surface area (Å²) in [7, 11) is 0. The summed E-state index contributed by atoms with van der Waals surface area (Å²) in [5.41, 5.74) is 6.01. The van der Waals surface area contributed by atoms with Crippen molar-refractivity contribution in [3.8, 4) is 0 Å². The molecule has 0 amide bonds. The highest BCUT2D eigenvalue weighted by Crippen LogP contribution is 2.41. The first-order chi connectivity index (χ1) is 13.2. The molecule has 3 aromatic carbocycles. The third-order valence-corrected chi connectivity index (χ3v) is 5.66. The van der Waals surface area contributed by atoms with Gasteiger partial charge in [-0.25, -0.2) is 4.98 Å². The van der Waals surface area contributed by atoms with E-state index < -0.39 is 0 Å². The summed E-state index contributed by atoms with van der Waals surface area (Å²) >= 11 is 6.09. The third-order valence-electron chi connectivity index (χ3n) is 5.40. The zero-order valence-corrected chi connectivity index (χ0v) is 15.8. The number of hydrogen-bond acceptors (Lipinski definition) is 2. The molecule has 4 heteroatoms. The fourth-order valence-electron chi connectivity index (χ4n) is 3.99. The molecule has 1 aliphatic heterocycles. The summed E-state index contributed by atoms with van der Waals surface area (Å²) in [6.07, 6.45) is 0.956. The fourth-order valence-corrected chi connectivity index (χ4v) is 4.12. The van der Waals surface area contributed by atoms with Crippen molar-refractivity contribution < 1.29 is 0 Å². The Morgan fingerprint density at radius 3 is 2.41 bits per heavy atom. The Kier molecular flexibility index (Phi) is 3.91. The number of anilines is 1. The van der Waals surface area contributed by atoms with E-state index in [0.717, 1.165) is 22.9 Å². The largest absolute Gasteiger partial charge is 0.349 e. The maximum Gasteiger partial charge on any atom is 0.204 e. The second-order valence-electron chi connectivity index (χ2n) is 7.20. The van der Waals surface area contributed by atoms with Crippen molar-refractivity contribution in [2.24, 2.45) is 0 Å². The number of benzene rings is 3. The van der Waals surface area contributed by atoms with E-state index in [1.807, 2.05) is 18.2 Å². The predicted octanol–water partition coefficient (Wildman–Crippen LogP) is 6.14. The minimum absolute atomic E-state index is 0.192. The predicted molar refractivity (Wildman–Crippen MR) is 111 cm³/mol. The number of aromatic nitrogens is 2. The maximum atomic E-state index is 6.09. The lowest BCUT2D eigenvalue weighted by molar-refractivity contribution is 0.477. The standard InChI is InChI=1S/C23H20ClN3/c1-15-6-8-17(9-7-15)22-14-20(16-10-12-18(24)13-11-16)26-23-25-19-4-2-3-5-21(19)27(22)23/h2-13,20,22H,14H2,1H3,(H,25,26)/t20-,22+/m0/s1. The topological polar surface area (TPSA) is 29.9 Å². The van der Waals surface area contributed by atoms with E-state index in [9.17, 15) is 0 Å². The Morgan fingerprint density at radius 1 is 0.926 bits per heavy atom. The molecule has 2 atom stereocenters. The van der Waals surface area contributed by atoms with Gasteiger partial charge in [-0.15, -0.1) is 0 Å². The first kappa shape index (κ1) is 16.4. The van der Waals surface area contributed by atoms with E-state index in [4.69, 9.17) is 16.6 Å². The Labute approximate surface area is 163 Å². The van der Waals surface area contributed by atoms with Gasteiger partial charge in [0, 0.05) is 5.02 Å². The lowest BCUT2D eigenvalue weighted by Crippen LogP contribution is -2.27. The van der Waals surface area contributed by atoms with Gasteiger partial charge in [-0.05, 0) is 48.7 Å². The van der Waals surface area contributed by atoms with Crippen molar-refractivity contribution in [1.82, 2.24) is 9.55 Å². The minimum atomic E-state index is 0.192. The molecule has 1 aromatic heterocycles. The van der Waals surface area contributed by atoms with Crippen LogP contribution in [-0.2, 0) is 0 Å².